The van der Waals surface area contributed by atoms with Crippen LogP contribution < -0.4 is 4.74 Å². The van der Waals surface area contributed by atoms with Gasteiger partial charge in [-0.2, -0.15) is 17.5 Å². The maximum Gasteiger partial charge on any atom is 0.433 e. The van der Waals surface area contributed by atoms with Crippen LogP contribution in [0.5, 0.6) is 5.88 Å². The average molecular weight is 296 g/mol. The monoisotopic (exact) mass is 296 g/mol. The fourth-order valence-electron chi connectivity index (χ4n) is 1.56. The Hall–Kier alpha value is -1.35. The minimum absolute atomic E-state index is 0.122. The molecule has 5 nitrogen and oxygen atoms in total. The summed E-state index contributed by atoms with van der Waals surface area (Å²) < 4.78 is 65.8. The highest BCUT2D eigenvalue weighted by molar-refractivity contribution is 7.88. The SMILES string of the molecule is CS(=O)(=O)N1CC(Oc2cccc(C(F)(F)F)n2)C1. The Balaban J connectivity index is 1.99. The number of halogens is 3. The summed E-state index contributed by atoms with van der Waals surface area (Å²) in [5.41, 5.74) is -1.04. The van der Waals surface area contributed by atoms with E-state index in [1.807, 2.05) is 0 Å². The lowest BCUT2D eigenvalue weighted by Crippen LogP contribution is -2.55. The van der Waals surface area contributed by atoms with Gasteiger partial charge in [0.25, 0.3) is 0 Å². The first-order chi connectivity index (χ1) is 8.66. The van der Waals surface area contributed by atoms with Gasteiger partial charge in [-0.05, 0) is 6.07 Å². The van der Waals surface area contributed by atoms with Crippen LogP contribution >= 0.6 is 0 Å². The van der Waals surface area contributed by atoms with Crippen molar-refractivity contribution in [3.8, 4) is 5.88 Å². The van der Waals surface area contributed by atoms with Crippen molar-refractivity contribution in [2.24, 2.45) is 0 Å². The van der Waals surface area contributed by atoms with Crippen LogP contribution in [0.3, 0.4) is 0 Å². The third kappa shape index (κ3) is 3.35. The van der Waals surface area contributed by atoms with Gasteiger partial charge in [0.2, 0.25) is 15.9 Å². The second kappa shape index (κ2) is 4.64. The summed E-state index contributed by atoms with van der Waals surface area (Å²) in [6, 6.07) is 3.34. The number of sulfonamides is 1. The van der Waals surface area contributed by atoms with E-state index in [-0.39, 0.29) is 19.0 Å². The van der Waals surface area contributed by atoms with E-state index in [1.165, 1.54) is 16.4 Å². The lowest BCUT2D eigenvalue weighted by molar-refractivity contribution is -0.141. The predicted molar refractivity (Wildman–Crippen MR) is 60.1 cm³/mol. The zero-order chi connectivity index (χ0) is 14.3. The Labute approximate surface area is 108 Å². The van der Waals surface area contributed by atoms with Crippen LogP contribution in [-0.4, -0.2) is 43.2 Å². The number of nitrogens with zero attached hydrogens (tertiary/aromatic N) is 2. The molecule has 0 bridgehead atoms. The Morgan fingerprint density at radius 3 is 2.53 bits per heavy atom. The van der Waals surface area contributed by atoms with E-state index in [0.717, 1.165) is 12.3 Å². The smallest absolute Gasteiger partial charge is 0.433 e. The molecule has 9 heteroatoms. The Morgan fingerprint density at radius 2 is 2.00 bits per heavy atom. The summed E-state index contributed by atoms with van der Waals surface area (Å²) in [4.78, 5) is 3.34. The van der Waals surface area contributed by atoms with Crippen molar-refractivity contribution < 1.29 is 26.3 Å². The molecule has 1 aliphatic rings. The Kier molecular flexibility index (Phi) is 3.43. The second-order valence-electron chi connectivity index (χ2n) is 4.18. The summed E-state index contributed by atoms with van der Waals surface area (Å²) in [7, 11) is -3.27. The van der Waals surface area contributed by atoms with E-state index in [4.69, 9.17) is 4.74 Å². The molecule has 2 rings (SSSR count). The van der Waals surface area contributed by atoms with Gasteiger partial charge in [0.05, 0.1) is 19.3 Å². The topological polar surface area (TPSA) is 59.5 Å². The first-order valence-corrected chi connectivity index (χ1v) is 7.17. The van der Waals surface area contributed by atoms with Crippen LogP contribution in [-0.2, 0) is 16.2 Å². The lowest BCUT2D eigenvalue weighted by Gasteiger charge is -2.36. The molecule has 0 amide bonds. The van der Waals surface area contributed by atoms with Gasteiger partial charge in [-0.25, -0.2) is 13.4 Å². The molecule has 0 radical (unpaired) electrons. The van der Waals surface area contributed by atoms with Crippen molar-refractivity contribution in [3.05, 3.63) is 23.9 Å². The number of hydrogen-bond donors (Lipinski definition) is 0. The van der Waals surface area contributed by atoms with E-state index >= 15 is 0 Å². The van der Waals surface area contributed by atoms with Gasteiger partial charge in [-0.1, -0.05) is 6.07 Å². The van der Waals surface area contributed by atoms with Crippen LogP contribution in [0, 0.1) is 0 Å². The molecule has 1 aromatic rings. The highest BCUT2D eigenvalue weighted by atomic mass is 32.2. The Bertz CT molecular complexity index is 568. The highest BCUT2D eigenvalue weighted by Gasteiger charge is 2.36. The summed E-state index contributed by atoms with van der Waals surface area (Å²) >= 11 is 0. The summed E-state index contributed by atoms with van der Waals surface area (Å²) in [5.74, 6) is -0.159. The van der Waals surface area contributed by atoms with Crippen LogP contribution in [0.2, 0.25) is 0 Å². The molecule has 0 N–H and O–H groups in total. The van der Waals surface area contributed by atoms with E-state index in [9.17, 15) is 21.6 Å². The molecule has 2 heterocycles. The van der Waals surface area contributed by atoms with Crippen LogP contribution in [0.15, 0.2) is 18.2 Å². The number of hydrogen-bond acceptors (Lipinski definition) is 4. The molecule has 106 valence electrons. The van der Waals surface area contributed by atoms with Crippen LogP contribution in [0.1, 0.15) is 5.69 Å². The molecule has 1 aromatic heterocycles. The van der Waals surface area contributed by atoms with E-state index < -0.39 is 28.0 Å². The first kappa shape index (κ1) is 14.1. The number of alkyl halides is 3. The van der Waals surface area contributed by atoms with Crippen molar-refractivity contribution in [2.45, 2.75) is 12.3 Å². The van der Waals surface area contributed by atoms with Crippen molar-refractivity contribution in [1.29, 1.82) is 0 Å². The fraction of sp³-hybridized carbons (Fsp3) is 0.500. The average Bonchev–Trinajstić information content (AvgIpc) is 2.20. The third-order valence-electron chi connectivity index (χ3n) is 2.58. The molecule has 1 saturated heterocycles. The van der Waals surface area contributed by atoms with Gasteiger partial charge < -0.3 is 4.74 Å². The minimum atomic E-state index is -4.53. The molecule has 19 heavy (non-hydrogen) atoms. The molecule has 0 aliphatic carbocycles. The maximum absolute atomic E-state index is 12.4. The van der Waals surface area contributed by atoms with Gasteiger partial charge in [0.15, 0.2) is 0 Å². The second-order valence-corrected chi connectivity index (χ2v) is 6.16. The first-order valence-electron chi connectivity index (χ1n) is 5.32. The molecule has 0 unspecified atom stereocenters. The van der Waals surface area contributed by atoms with E-state index in [2.05, 4.69) is 4.98 Å². The van der Waals surface area contributed by atoms with E-state index in [0.29, 0.717) is 0 Å². The largest absolute Gasteiger partial charge is 0.472 e. The number of ether oxygens (including phenoxy) is 1. The molecule has 0 atom stereocenters. The highest BCUT2D eigenvalue weighted by Crippen LogP contribution is 2.29. The zero-order valence-electron chi connectivity index (χ0n) is 9.88. The number of aromatic nitrogens is 1. The normalized spacial score (nSPS) is 18.1. The van der Waals surface area contributed by atoms with Gasteiger partial charge in [-0.3, -0.25) is 0 Å². The fourth-order valence-corrected chi connectivity index (χ4v) is 2.43. The summed E-state index contributed by atoms with van der Waals surface area (Å²) in [6.07, 6.45) is -3.94. The van der Waals surface area contributed by atoms with Crippen molar-refractivity contribution in [1.82, 2.24) is 9.29 Å². The molecule has 0 aromatic carbocycles. The molecule has 1 aliphatic heterocycles. The number of pyridine rings is 1. The zero-order valence-corrected chi connectivity index (χ0v) is 10.7. The van der Waals surface area contributed by atoms with Crippen LogP contribution in [0.25, 0.3) is 0 Å². The van der Waals surface area contributed by atoms with E-state index in [1.54, 1.807) is 0 Å². The third-order valence-corrected chi connectivity index (χ3v) is 3.82. The summed E-state index contributed by atoms with van der Waals surface area (Å²) in [6.45, 7) is 0.244. The van der Waals surface area contributed by atoms with Gasteiger partial charge in [-0.15, -0.1) is 0 Å². The standard InChI is InChI=1S/C10H11F3N2O3S/c1-19(16,17)15-5-7(6-15)18-9-4-2-3-8(14-9)10(11,12)13/h2-4,7H,5-6H2,1H3. The summed E-state index contributed by atoms with van der Waals surface area (Å²) in [5, 5.41) is 0. The van der Waals surface area contributed by atoms with Gasteiger partial charge >= 0.3 is 6.18 Å². The predicted octanol–water partition coefficient (Wildman–Crippen LogP) is 1.12. The van der Waals surface area contributed by atoms with Crippen molar-refractivity contribution in [2.75, 3.05) is 19.3 Å². The van der Waals surface area contributed by atoms with Crippen molar-refractivity contribution >= 4 is 10.0 Å². The Morgan fingerprint density at radius 1 is 1.37 bits per heavy atom. The molecule has 1 fully saturated rings. The van der Waals surface area contributed by atoms with Gasteiger partial charge in [0, 0.05) is 6.07 Å². The molecule has 0 saturated carbocycles. The van der Waals surface area contributed by atoms with Gasteiger partial charge in [0.1, 0.15) is 11.8 Å². The molecular weight excluding hydrogens is 285 g/mol. The quantitative estimate of drug-likeness (QED) is 0.839. The van der Waals surface area contributed by atoms with Crippen molar-refractivity contribution in [3.63, 3.8) is 0 Å². The maximum atomic E-state index is 12.4. The molecule has 0 spiro atoms. The van der Waals surface area contributed by atoms with Crippen LogP contribution in [0.4, 0.5) is 13.2 Å². The lowest BCUT2D eigenvalue weighted by atomic mass is 10.2. The minimum Gasteiger partial charge on any atom is -0.472 e. The number of rotatable bonds is 3. The molecular formula is C10H11F3N2O3S.